The molecular formula is C28H26Cl2N2O4. The Bertz CT molecular complexity index is 1270. The normalized spacial score (nSPS) is 18.2. The maximum Gasteiger partial charge on any atom is 0.262 e. The third kappa shape index (κ3) is 4.67. The molecule has 0 unspecified atom stereocenters. The van der Waals surface area contributed by atoms with Crippen molar-refractivity contribution < 1.29 is 19.1 Å². The molecule has 0 spiro atoms. The largest absolute Gasteiger partial charge is 0.483 e. The average Bonchev–Trinajstić information content (AvgIpc) is 2.86. The van der Waals surface area contributed by atoms with Gasteiger partial charge in [0, 0.05) is 69.6 Å². The number of hydrogen-bond donors (Lipinski definition) is 1. The minimum absolute atomic E-state index is 0.0458. The highest BCUT2D eigenvalue weighted by molar-refractivity contribution is 6.31. The van der Waals surface area contributed by atoms with E-state index < -0.39 is 5.92 Å². The van der Waals surface area contributed by atoms with Crippen molar-refractivity contribution in [2.45, 2.75) is 44.4 Å². The van der Waals surface area contributed by atoms with Crippen molar-refractivity contribution in [3.63, 3.8) is 0 Å². The van der Waals surface area contributed by atoms with Gasteiger partial charge in [-0.2, -0.15) is 0 Å². The second-order valence-electron chi connectivity index (χ2n) is 9.29. The van der Waals surface area contributed by atoms with E-state index in [0.29, 0.717) is 51.0 Å². The molecule has 1 amide bonds. The summed E-state index contributed by atoms with van der Waals surface area (Å²) in [5, 5.41) is 3.82. The number of nitrogens with zero attached hydrogens (tertiary/aromatic N) is 1. The SMILES string of the molecule is CN1C2=C(C(=O)CCC2)C(c2cc(Cl)ccc2OCC(=O)Nc2ccc(Cl)cc2)C2=C1CCCC2=O. The summed E-state index contributed by atoms with van der Waals surface area (Å²) in [7, 11) is 1.95. The Kier molecular flexibility index (Phi) is 6.91. The van der Waals surface area contributed by atoms with Gasteiger partial charge in [0.15, 0.2) is 18.2 Å². The third-order valence-electron chi connectivity index (χ3n) is 7.01. The number of carbonyl (C=O) groups excluding carboxylic acids is 3. The number of allylic oxidation sites excluding steroid dienone is 4. The second kappa shape index (κ2) is 10.1. The fourth-order valence-electron chi connectivity index (χ4n) is 5.41. The number of halogens is 2. The van der Waals surface area contributed by atoms with Gasteiger partial charge in [0.1, 0.15) is 5.75 Å². The summed E-state index contributed by atoms with van der Waals surface area (Å²) in [5.41, 5.74) is 4.48. The highest BCUT2D eigenvalue weighted by Gasteiger charge is 2.43. The van der Waals surface area contributed by atoms with Crippen LogP contribution in [0.5, 0.6) is 5.75 Å². The standard InChI is InChI=1S/C28H26Cl2N2O4/c1-32-20-4-2-6-22(33)27(20)26(28-21(32)5-3-7-23(28)34)19-14-17(30)10-13-24(19)36-15-25(35)31-18-11-8-16(29)9-12-18/h8-14,26H,2-7,15H2,1H3,(H,31,35). The van der Waals surface area contributed by atoms with Crippen LogP contribution in [0.2, 0.25) is 10.0 Å². The molecule has 5 rings (SSSR count). The molecule has 0 bridgehead atoms. The van der Waals surface area contributed by atoms with E-state index in [1.54, 1.807) is 42.5 Å². The molecule has 2 aliphatic carbocycles. The van der Waals surface area contributed by atoms with E-state index >= 15 is 0 Å². The first-order valence-electron chi connectivity index (χ1n) is 12.1. The molecule has 1 heterocycles. The number of rotatable bonds is 5. The van der Waals surface area contributed by atoms with Crippen molar-refractivity contribution in [2.75, 3.05) is 19.0 Å². The van der Waals surface area contributed by atoms with Crippen LogP contribution < -0.4 is 10.1 Å². The first kappa shape index (κ1) is 24.6. The van der Waals surface area contributed by atoms with E-state index in [0.717, 1.165) is 37.1 Å². The van der Waals surface area contributed by atoms with Gasteiger partial charge in [-0.25, -0.2) is 0 Å². The molecule has 0 radical (unpaired) electrons. The van der Waals surface area contributed by atoms with Crippen molar-refractivity contribution in [2.24, 2.45) is 0 Å². The maximum absolute atomic E-state index is 13.3. The highest BCUT2D eigenvalue weighted by Crippen LogP contribution is 2.50. The molecule has 3 aliphatic rings. The summed E-state index contributed by atoms with van der Waals surface area (Å²) in [4.78, 5) is 41.2. The van der Waals surface area contributed by atoms with E-state index in [9.17, 15) is 14.4 Å². The van der Waals surface area contributed by atoms with Crippen molar-refractivity contribution in [1.82, 2.24) is 4.90 Å². The predicted molar refractivity (Wildman–Crippen MR) is 139 cm³/mol. The number of nitrogens with one attached hydrogen (secondary N) is 1. The summed E-state index contributed by atoms with van der Waals surface area (Å²) in [6, 6.07) is 11.9. The topological polar surface area (TPSA) is 75.7 Å². The quantitative estimate of drug-likeness (QED) is 0.514. The molecule has 1 N–H and O–H groups in total. The lowest BCUT2D eigenvalue weighted by molar-refractivity contribution is -0.119. The minimum Gasteiger partial charge on any atom is -0.483 e. The Labute approximate surface area is 219 Å². The fourth-order valence-corrected chi connectivity index (χ4v) is 5.72. The summed E-state index contributed by atoms with van der Waals surface area (Å²) < 4.78 is 5.98. The molecule has 186 valence electrons. The number of anilines is 1. The Balaban J connectivity index is 1.51. The number of benzene rings is 2. The van der Waals surface area contributed by atoms with E-state index in [2.05, 4.69) is 10.2 Å². The molecule has 0 aromatic heterocycles. The van der Waals surface area contributed by atoms with Crippen LogP contribution in [0.15, 0.2) is 65.0 Å². The lowest BCUT2D eigenvalue weighted by Gasteiger charge is -2.42. The van der Waals surface area contributed by atoms with Crippen LogP contribution in [0.25, 0.3) is 0 Å². The maximum atomic E-state index is 13.3. The number of hydrogen-bond acceptors (Lipinski definition) is 5. The number of ketones is 2. The van der Waals surface area contributed by atoms with Crippen LogP contribution in [0.1, 0.15) is 50.0 Å². The molecule has 8 heteroatoms. The van der Waals surface area contributed by atoms with Gasteiger partial charge in [-0.15, -0.1) is 0 Å². The molecule has 36 heavy (non-hydrogen) atoms. The Morgan fingerprint density at radius 2 is 1.50 bits per heavy atom. The average molecular weight is 525 g/mol. The van der Waals surface area contributed by atoms with Gasteiger partial charge in [0.2, 0.25) is 0 Å². The molecule has 0 atom stereocenters. The van der Waals surface area contributed by atoms with Crippen molar-refractivity contribution in [1.29, 1.82) is 0 Å². The monoisotopic (exact) mass is 524 g/mol. The number of Topliss-reactive ketones (excluding diaryl/α,β-unsaturated/α-hetero) is 2. The highest BCUT2D eigenvalue weighted by atomic mass is 35.5. The van der Waals surface area contributed by atoms with E-state index in [4.69, 9.17) is 27.9 Å². The smallest absolute Gasteiger partial charge is 0.262 e. The van der Waals surface area contributed by atoms with Gasteiger partial charge < -0.3 is 15.0 Å². The second-order valence-corrected chi connectivity index (χ2v) is 10.2. The molecule has 6 nitrogen and oxygen atoms in total. The van der Waals surface area contributed by atoms with E-state index in [1.165, 1.54) is 0 Å². The van der Waals surface area contributed by atoms with Gasteiger partial charge in [0.05, 0.1) is 0 Å². The lowest BCUT2D eigenvalue weighted by Crippen LogP contribution is -2.37. The molecule has 0 saturated carbocycles. The molecule has 0 saturated heterocycles. The molecule has 1 aliphatic heterocycles. The third-order valence-corrected chi connectivity index (χ3v) is 7.50. The van der Waals surface area contributed by atoms with Crippen molar-refractivity contribution in [3.05, 3.63) is 80.6 Å². The fraction of sp³-hybridized carbons (Fsp3) is 0.321. The van der Waals surface area contributed by atoms with Crippen molar-refractivity contribution >= 4 is 46.4 Å². The van der Waals surface area contributed by atoms with Gasteiger partial charge in [-0.05, 0) is 68.1 Å². The first-order valence-corrected chi connectivity index (χ1v) is 12.8. The number of amides is 1. The molecule has 2 aromatic rings. The Hall–Kier alpha value is -3.09. The summed E-state index contributed by atoms with van der Waals surface area (Å²) in [5.74, 6) is -0.381. The zero-order chi connectivity index (χ0) is 25.4. The van der Waals surface area contributed by atoms with Crippen LogP contribution >= 0.6 is 23.2 Å². The van der Waals surface area contributed by atoms with Crippen LogP contribution in [-0.2, 0) is 14.4 Å². The van der Waals surface area contributed by atoms with Crippen LogP contribution in [0.4, 0.5) is 5.69 Å². The number of ether oxygens (including phenoxy) is 1. The first-order chi connectivity index (χ1) is 17.3. The van der Waals surface area contributed by atoms with E-state index in [1.807, 2.05) is 7.05 Å². The lowest BCUT2D eigenvalue weighted by atomic mass is 9.71. The van der Waals surface area contributed by atoms with Crippen molar-refractivity contribution in [3.8, 4) is 5.75 Å². The minimum atomic E-state index is -0.556. The van der Waals surface area contributed by atoms with Crippen LogP contribution in [0.3, 0.4) is 0 Å². The molecular weight excluding hydrogens is 499 g/mol. The van der Waals surface area contributed by atoms with E-state index in [-0.39, 0.29) is 24.1 Å². The molecule has 2 aromatic carbocycles. The zero-order valence-electron chi connectivity index (χ0n) is 19.9. The Morgan fingerprint density at radius 3 is 2.11 bits per heavy atom. The van der Waals surface area contributed by atoms with Crippen LogP contribution in [-0.4, -0.2) is 36.0 Å². The van der Waals surface area contributed by atoms with Gasteiger partial charge in [0.25, 0.3) is 5.91 Å². The summed E-state index contributed by atoms with van der Waals surface area (Å²) in [6.45, 7) is -0.246. The summed E-state index contributed by atoms with van der Waals surface area (Å²) >= 11 is 12.3. The number of carbonyl (C=O) groups is 3. The predicted octanol–water partition coefficient (Wildman–Crippen LogP) is 6.05. The Morgan fingerprint density at radius 1 is 0.917 bits per heavy atom. The van der Waals surface area contributed by atoms with Crippen LogP contribution in [0, 0.1) is 0 Å². The molecule has 0 fully saturated rings. The van der Waals surface area contributed by atoms with Gasteiger partial charge in [-0.3, -0.25) is 14.4 Å². The van der Waals surface area contributed by atoms with Gasteiger partial charge in [-0.1, -0.05) is 23.2 Å². The summed E-state index contributed by atoms with van der Waals surface area (Å²) in [6.07, 6.45) is 4.02. The van der Waals surface area contributed by atoms with Gasteiger partial charge >= 0.3 is 0 Å². The zero-order valence-corrected chi connectivity index (χ0v) is 21.4.